The minimum atomic E-state index is -0.0991. The molecule has 0 saturated heterocycles. The van der Waals surface area contributed by atoms with Crippen molar-refractivity contribution in [3.05, 3.63) is 35.4 Å². The number of benzene rings is 1. The Bertz CT molecular complexity index is 421. The minimum Gasteiger partial charge on any atom is -0.393 e. The highest BCUT2D eigenvalue weighted by Crippen LogP contribution is 2.09. The molecule has 3 N–H and O–H groups in total. The Morgan fingerprint density at radius 3 is 2.83 bits per heavy atom. The zero-order valence-electron chi connectivity index (χ0n) is 10.4. The lowest BCUT2D eigenvalue weighted by Crippen LogP contribution is -2.27. The van der Waals surface area contributed by atoms with Crippen molar-refractivity contribution in [2.75, 3.05) is 20.3 Å². The minimum absolute atomic E-state index is 0.0991. The van der Waals surface area contributed by atoms with Crippen LogP contribution < -0.4 is 11.1 Å². The molecule has 1 rings (SSSR count). The molecule has 1 aromatic rings. The summed E-state index contributed by atoms with van der Waals surface area (Å²) in [7, 11) is 1.64. The number of nitrogens with one attached hydrogen (secondary N) is 1. The maximum Gasteiger partial charge on any atom is 0.251 e. The standard InChI is InChI=1S/C13H18N2O2S/c1-17-8-4-7-15-13(16)11-6-3-2-5-10(11)9-12(14)18/h2-3,5-6H,4,7-9H2,1H3,(H2,14,18)(H,15,16). The molecule has 0 aliphatic heterocycles. The molecule has 0 unspecified atom stereocenters. The molecule has 0 radical (unpaired) electrons. The van der Waals surface area contributed by atoms with Crippen LogP contribution in [-0.4, -0.2) is 31.2 Å². The second-order valence-corrected chi connectivity index (χ2v) is 4.43. The lowest BCUT2D eigenvalue weighted by molar-refractivity contribution is 0.0948. The quantitative estimate of drug-likeness (QED) is 0.576. The molecular formula is C13H18N2O2S. The predicted molar refractivity (Wildman–Crippen MR) is 75.8 cm³/mol. The zero-order chi connectivity index (χ0) is 13.4. The first-order valence-electron chi connectivity index (χ1n) is 5.78. The summed E-state index contributed by atoms with van der Waals surface area (Å²) in [5.74, 6) is -0.0991. The van der Waals surface area contributed by atoms with Gasteiger partial charge >= 0.3 is 0 Å². The van der Waals surface area contributed by atoms with Crippen LogP contribution in [0.3, 0.4) is 0 Å². The Balaban J connectivity index is 2.63. The first kappa shape index (κ1) is 14.6. The molecule has 1 aromatic carbocycles. The molecule has 5 heteroatoms. The summed E-state index contributed by atoms with van der Waals surface area (Å²) in [6.07, 6.45) is 1.23. The van der Waals surface area contributed by atoms with E-state index in [1.165, 1.54) is 0 Å². The number of methoxy groups -OCH3 is 1. The molecule has 0 saturated carbocycles. The van der Waals surface area contributed by atoms with Gasteiger partial charge in [0.15, 0.2) is 0 Å². The van der Waals surface area contributed by atoms with Crippen molar-refractivity contribution in [2.45, 2.75) is 12.8 Å². The van der Waals surface area contributed by atoms with Crippen molar-refractivity contribution in [1.29, 1.82) is 0 Å². The van der Waals surface area contributed by atoms with Gasteiger partial charge < -0.3 is 15.8 Å². The van der Waals surface area contributed by atoms with Crippen LogP contribution in [0.5, 0.6) is 0 Å². The van der Waals surface area contributed by atoms with Crippen LogP contribution in [0.4, 0.5) is 0 Å². The monoisotopic (exact) mass is 266 g/mol. The number of amides is 1. The second kappa shape index (κ2) is 7.79. The maximum atomic E-state index is 12.0. The topological polar surface area (TPSA) is 64.3 Å². The van der Waals surface area contributed by atoms with Gasteiger partial charge in [0.1, 0.15) is 0 Å². The summed E-state index contributed by atoms with van der Waals surface area (Å²) >= 11 is 4.88. The van der Waals surface area contributed by atoms with Gasteiger partial charge in [-0.2, -0.15) is 0 Å². The number of nitrogens with two attached hydrogens (primary N) is 1. The Morgan fingerprint density at radius 2 is 2.17 bits per heavy atom. The molecule has 0 fully saturated rings. The van der Waals surface area contributed by atoms with E-state index in [2.05, 4.69) is 5.32 Å². The highest BCUT2D eigenvalue weighted by atomic mass is 32.1. The fourth-order valence-electron chi connectivity index (χ4n) is 1.60. The number of carbonyl (C=O) groups excluding carboxylic acids is 1. The second-order valence-electron chi connectivity index (χ2n) is 3.90. The molecule has 0 aromatic heterocycles. The summed E-state index contributed by atoms with van der Waals surface area (Å²) < 4.78 is 4.92. The lowest BCUT2D eigenvalue weighted by atomic mass is 10.0. The summed E-state index contributed by atoms with van der Waals surface area (Å²) in [5, 5.41) is 2.84. The molecular weight excluding hydrogens is 248 g/mol. The number of ether oxygens (including phenoxy) is 1. The van der Waals surface area contributed by atoms with Crippen molar-refractivity contribution in [3.8, 4) is 0 Å². The van der Waals surface area contributed by atoms with Crippen molar-refractivity contribution in [2.24, 2.45) is 5.73 Å². The van der Waals surface area contributed by atoms with Gasteiger partial charge in [0.2, 0.25) is 0 Å². The average molecular weight is 266 g/mol. The van der Waals surface area contributed by atoms with E-state index < -0.39 is 0 Å². The third-order valence-electron chi connectivity index (χ3n) is 2.44. The zero-order valence-corrected chi connectivity index (χ0v) is 11.3. The van der Waals surface area contributed by atoms with E-state index in [9.17, 15) is 4.79 Å². The van der Waals surface area contributed by atoms with Gasteiger partial charge in [-0.05, 0) is 18.1 Å². The molecule has 18 heavy (non-hydrogen) atoms. The van der Waals surface area contributed by atoms with Crippen LogP contribution in [-0.2, 0) is 11.2 Å². The van der Waals surface area contributed by atoms with E-state index in [0.29, 0.717) is 30.1 Å². The largest absolute Gasteiger partial charge is 0.393 e. The molecule has 98 valence electrons. The third-order valence-corrected chi connectivity index (χ3v) is 2.58. The Hall–Kier alpha value is -1.46. The first-order chi connectivity index (χ1) is 8.65. The van der Waals surface area contributed by atoms with Crippen LogP contribution in [0.1, 0.15) is 22.3 Å². The smallest absolute Gasteiger partial charge is 0.251 e. The van der Waals surface area contributed by atoms with Gasteiger partial charge in [0.05, 0.1) is 4.99 Å². The first-order valence-corrected chi connectivity index (χ1v) is 6.19. The normalized spacial score (nSPS) is 10.1. The van der Waals surface area contributed by atoms with E-state index in [-0.39, 0.29) is 5.91 Å². The van der Waals surface area contributed by atoms with E-state index in [4.69, 9.17) is 22.7 Å². The van der Waals surface area contributed by atoms with Crippen LogP contribution in [0, 0.1) is 0 Å². The maximum absolute atomic E-state index is 12.0. The Morgan fingerprint density at radius 1 is 1.44 bits per heavy atom. The fourth-order valence-corrected chi connectivity index (χ4v) is 1.75. The van der Waals surface area contributed by atoms with Crippen LogP contribution in [0.2, 0.25) is 0 Å². The highest BCUT2D eigenvalue weighted by Gasteiger charge is 2.10. The molecule has 0 atom stereocenters. The Labute approximate surface area is 113 Å². The molecule has 0 heterocycles. The summed E-state index contributed by atoms with van der Waals surface area (Å²) in [5.41, 5.74) is 7.00. The molecule has 0 bridgehead atoms. The summed E-state index contributed by atoms with van der Waals surface area (Å²) in [6.45, 7) is 1.23. The third kappa shape index (κ3) is 4.81. The van der Waals surface area contributed by atoms with E-state index in [0.717, 1.165) is 12.0 Å². The summed E-state index contributed by atoms with van der Waals surface area (Å²) in [4.78, 5) is 12.4. The number of hydrogen-bond donors (Lipinski definition) is 2. The van der Waals surface area contributed by atoms with Crippen molar-refractivity contribution < 1.29 is 9.53 Å². The van der Waals surface area contributed by atoms with Gasteiger partial charge in [-0.25, -0.2) is 0 Å². The Kier molecular flexibility index (Phi) is 6.32. The van der Waals surface area contributed by atoms with E-state index in [1.54, 1.807) is 13.2 Å². The average Bonchev–Trinajstić information content (AvgIpc) is 2.34. The molecule has 1 amide bonds. The summed E-state index contributed by atoms with van der Waals surface area (Å²) in [6, 6.07) is 7.34. The predicted octanol–water partition coefficient (Wildman–Crippen LogP) is 1.28. The number of hydrogen-bond acceptors (Lipinski definition) is 3. The van der Waals surface area contributed by atoms with Gasteiger partial charge in [-0.1, -0.05) is 30.4 Å². The molecule has 0 aliphatic rings. The SMILES string of the molecule is COCCCNC(=O)c1ccccc1CC(N)=S. The van der Waals surface area contributed by atoms with Crippen molar-refractivity contribution in [3.63, 3.8) is 0 Å². The van der Waals surface area contributed by atoms with E-state index in [1.807, 2.05) is 18.2 Å². The molecule has 0 aliphatic carbocycles. The number of thiocarbonyl (C=S) groups is 1. The molecule has 0 spiro atoms. The lowest BCUT2D eigenvalue weighted by Gasteiger charge is -2.09. The fraction of sp³-hybridized carbons (Fsp3) is 0.385. The van der Waals surface area contributed by atoms with Crippen molar-refractivity contribution in [1.82, 2.24) is 5.32 Å². The highest BCUT2D eigenvalue weighted by molar-refractivity contribution is 7.80. The van der Waals surface area contributed by atoms with Crippen LogP contribution >= 0.6 is 12.2 Å². The van der Waals surface area contributed by atoms with Gasteiger partial charge in [0.25, 0.3) is 5.91 Å². The van der Waals surface area contributed by atoms with Gasteiger partial charge in [-0.15, -0.1) is 0 Å². The van der Waals surface area contributed by atoms with Crippen molar-refractivity contribution >= 4 is 23.1 Å². The number of rotatable bonds is 7. The van der Waals surface area contributed by atoms with Gasteiger partial charge in [0, 0.05) is 32.2 Å². The molecule has 4 nitrogen and oxygen atoms in total. The van der Waals surface area contributed by atoms with Crippen LogP contribution in [0.25, 0.3) is 0 Å². The van der Waals surface area contributed by atoms with E-state index >= 15 is 0 Å². The van der Waals surface area contributed by atoms with Gasteiger partial charge in [-0.3, -0.25) is 4.79 Å². The van der Waals surface area contributed by atoms with Crippen LogP contribution in [0.15, 0.2) is 24.3 Å². The number of carbonyl (C=O) groups is 1.